The molecule has 1 aliphatic carbocycles. The van der Waals surface area contributed by atoms with E-state index in [1.54, 1.807) is 65.0 Å². The number of carbonyl (C=O) groups is 3. The van der Waals surface area contributed by atoms with E-state index in [1.807, 2.05) is 13.0 Å². The summed E-state index contributed by atoms with van der Waals surface area (Å²) >= 11 is 0. The lowest BCUT2D eigenvalue weighted by atomic mass is 9.84. The zero-order valence-corrected chi connectivity index (χ0v) is 39.1. The number of hydrogen-bond acceptors (Lipinski definition) is 16. The molecule has 1 saturated carbocycles. The average molecular weight is 995 g/mol. The van der Waals surface area contributed by atoms with Gasteiger partial charge in [-0.25, -0.2) is 29.3 Å². The number of carbonyl (C=O) groups excluding carboxylic acids is 1. The molecular weight excluding hydrogens is 937 g/mol. The summed E-state index contributed by atoms with van der Waals surface area (Å²) < 4.78 is 25.8. The number of aromatic nitrogens is 12. The van der Waals surface area contributed by atoms with Gasteiger partial charge in [0.2, 0.25) is 0 Å². The molecule has 9 rings (SSSR count). The summed E-state index contributed by atoms with van der Waals surface area (Å²) in [6.45, 7) is 10.7. The van der Waals surface area contributed by atoms with E-state index < -0.39 is 23.5 Å². The number of aliphatic carboxylic acids is 1. The number of nitrogens with zero attached hydrogens (tertiary/aromatic N) is 9. The van der Waals surface area contributed by atoms with Gasteiger partial charge in [0, 0.05) is 18.2 Å². The Morgan fingerprint density at radius 1 is 0.597 bits per heavy atom. The van der Waals surface area contributed by atoms with E-state index in [4.69, 9.17) is 18.9 Å². The largest absolute Gasteiger partial charge is 0.486 e. The van der Waals surface area contributed by atoms with Crippen LogP contribution in [0.2, 0.25) is 0 Å². The standard InChI is InChI=1S/C17H18N4O4.C15H14N4O4.C14H18N4O4.2CH4/c1-4-24-16(23)15-10(2)6-5-7-13(15)25-9-12-8-14(22)21-17(19-12)18-11(3)20-21;1-8-4-3-5-11(13(8)14(21)22)23-7-10-6-12(20)19-15(17-10)16-9(2)18-19;1-9-15-13-16-10(7-11(19)18(13)17-9)8-22-14(12(20)21)5-3-2-4-6-14;;/h5-8H,4,9H2,1-3H3,(H,18,19,20);3-6H,7H2,1-2H3,(H,21,22)(H,16,17,18);7H,2-6,8H2,1H3,(H,20,21)(H,15,16,17);2*1H4. The fourth-order valence-corrected chi connectivity index (χ4v) is 7.64. The maximum absolute atomic E-state index is 12.1. The van der Waals surface area contributed by atoms with Crippen LogP contribution in [0.15, 0.2) is 69.0 Å². The maximum atomic E-state index is 12.1. The molecule has 2 aromatic carbocycles. The van der Waals surface area contributed by atoms with E-state index in [9.17, 15) is 39.0 Å². The van der Waals surface area contributed by atoms with Crippen LogP contribution in [0.5, 0.6) is 11.5 Å². The van der Waals surface area contributed by atoms with Gasteiger partial charge in [-0.05, 0) is 90.5 Å². The third-order valence-electron chi connectivity index (χ3n) is 10.9. The highest BCUT2D eigenvalue weighted by atomic mass is 16.5. The van der Waals surface area contributed by atoms with Gasteiger partial charge >= 0.3 is 17.9 Å². The first-order valence-corrected chi connectivity index (χ1v) is 22.0. The van der Waals surface area contributed by atoms with E-state index in [-0.39, 0.29) is 86.6 Å². The molecular formula is C48H58N12O12. The van der Waals surface area contributed by atoms with Crippen LogP contribution in [0.25, 0.3) is 17.3 Å². The molecule has 0 spiro atoms. The Balaban J connectivity index is 0.000000198. The molecule has 0 aliphatic heterocycles. The minimum Gasteiger partial charge on any atom is -0.486 e. The van der Waals surface area contributed by atoms with Gasteiger partial charge in [0.05, 0.1) is 30.3 Å². The molecule has 0 amide bonds. The first-order chi connectivity index (χ1) is 33.4. The smallest absolute Gasteiger partial charge is 0.342 e. The molecule has 5 N–H and O–H groups in total. The number of ether oxygens (including phenoxy) is 4. The van der Waals surface area contributed by atoms with Crippen LogP contribution < -0.4 is 26.2 Å². The number of rotatable bonds is 13. The number of aryl methyl sites for hydroxylation is 5. The number of aromatic carboxylic acids is 1. The van der Waals surface area contributed by atoms with E-state index in [2.05, 4.69) is 45.2 Å². The highest BCUT2D eigenvalue weighted by Crippen LogP contribution is 2.33. The number of H-pyrrole nitrogens is 3. The monoisotopic (exact) mass is 994 g/mol. The molecule has 72 heavy (non-hydrogen) atoms. The van der Waals surface area contributed by atoms with Crippen molar-refractivity contribution in [1.29, 1.82) is 0 Å². The summed E-state index contributed by atoms with van der Waals surface area (Å²) in [6.07, 6.45) is 3.67. The van der Waals surface area contributed by atoms with Gasteiger partial charge in [0.25, 0.3) is 34.0 Å². The number of fused-ring (bicyclic) bond motifs is 3. The summed E-state index contributed by atoms with van der Waals surface area (Å²) in [7, 11) is 0. The van der Waals surface area contributed by atoms with Crippen molar-refractivity contribution < 1.29 is 43.5 Å². The number of esters is 1. The number of carboxylic acid groups (broad SMARTS) is 2. The molecule has 1 aliphatic rings. The van der Waals surface area contributed by atoms with Crippen molar-refractivity contribution in [3.63, 3.8) is 0 Å². The van der Waals surface area contributed by atoms with Crippen molar-refractivity contribution in [2.75, 3.05) is 6.61 Å². The van der Waals surface area contributed by atoms with Crippen molar-refractivity contribution in [2.24, 2.45) is 0 Å². The molecule has 6 heterocycles. The van der Waals surface area contributed by atoms with Crippen molar-refractivity contribution in [2.45, 2.75) is 114 Å². The highest BCUT2D eigenvalue weighted by molar-refractivity contribution is 5.94. The number of benzene rings is 2. The lowest BCUT2D eigenvalue weighted by Crippen LogP contribution is -2.43. The molecule has 0 unspecified atom stereocenters. The molecule has 0 atom stereocenters. The number of aromatic amines is 3. The maximum Gasteiger partial charge on any atom is 0.342 e. The first-order valence-electron chi connectivity index (χ1n) is 22.0. The zero-order valence-electron chi connectivity index (χ0n) is 39.1. The van der Waals surface area contributed by atoms with Crippen molar-refractivity contribution in [1.82, 2.24) is 58.7 Å². The summed E-state index contributed by atoms with van der Waals surface area (Å²) in [4.78, 5) is 96.1. The molecule has 0 bridgehead atoms. The summed E-state index contributed by atoms with van der Waals surface area (Å²) in [5.74, 6) is 0.692. The topological polar surface area (TPSA) is 318 Å². The molecule has 0 radical (unpaired) electrons. The summed E-state index contributed by atoms with van der Waals surface area (Å²) in [5, 5.41) is 27.1. The van der Waals surface area contributed by atoms with Crippen LogP contribution in [-0.2, 0) is 34.1 Å². The predicted molar refractivity (Wildman–Crippen MR) is 261 cm³/mol. The normalized spacial score (nSPS) is 12.6. The quantitative estimate of drug-likeness (QED) is 0.0902. The van der Waals surface area contributed by atoms with Crippen molar-refractivity contribution in [3.8, 4) is 11.5 Å². The zero-order chi connectivity index (χ0) is 50.3. The third-order valence-corrected chi connectivity index (χ3v) is 10.9. The highest BCUT2D eigenvalue weighted by Gasteiger charge is 2.41. The van der Waals surface area contributed by atoms with Gasteiger partial charge in [0.1, 0.15) is 53.3 Å². The molecule has 0 saturated heterocycles. The van der Waals surface area contributed by atoms with E-state index in [1.165, 1.54) is 31.7 Å². The second kappa shape index (κ2) is 23.4. The van der Waals surface area contributed by atoms with E-state index in [0.717, 1.165) is 24.8 Å². The van der Waals surface area contributed by atoms with Gasteiger partial charge in [-0.15, -0.1) is 0 Å². The lowest BCUT2D eigenvalue weighted by molar-refractivity contribution is -0.173. The van der Waals surface area contributed by atoms with Crippen molar-refractivity contribution in [3.05, 3.63) is 142 Å². The average Bonchev–Trinajstić information content (AvgIpc) is 4.02. The van der Waals surface area contributed by atoms with Gasteiger partial charge in [0.15, 0.2) is 5.60 Å². The molecule has 6 aromatic heterocycles. The minimum absolute atomic E-state index is 0. The number of hydrogen-bond donors (Lipinski definition) is 5. The van der Waals surface area contributed by atoms with Gasteiger partial charge in [-0.3, -0.25) is 29.7 Å². The Morgan fingerprint density at radius 2 is 1.00 bits per heavy atom. The summed E-state index contributed by atoms with van der Waals surface area (Å²) in [5.41, 5.74) is 0.970. The van der Waals surface area contributed by atoms with Crippen LogP contribution in [0, 0.1) is 34.6 Å². The summed E-state index contributed by atoms with van der Waals surface area (Å²) in [6, 6.07) is 14.3. The second-order valence-electron chi connectivity index (χ2n) is 16.2. The Labute approximate surface area is 411 Å². The van der Waals surface area contributed by atoms with E-state index in [0.29, 0.717) is 64.3 Å². The molecule has 8 aromatic rings. The van der Waals surface area contributed by atoms with Gasteiger partial charge < -0.3 is 29.2 Å². The minimum atomic E-state index is -1.16. The van der Waals surface area contributed by atoms with Crippen LogP contribution in [-0.4, -0.2) is 99.1 Å². The third kappa shape index (κ3) is 12.4. The van der Waals surface area contributed by atoms with Crippen LogP contribution in [0.3, 0.4) is 0 Å². The Bertz CT molecular complexity index is 3420. The van der Waals surface area contributed by atoms with Crippen LogP contribution in [0.1, 0.15) is 120 Å². The van der Waals surface area contributed by atoms with Gasteiger partial charge in [-0.1, -0.05) is 45.5 Å². The fourth-order valence-electron chi connectivity index (χ4n) is 7.64. The van der Waals surface area contributed by atoms with Crippen molar-refractivity contribution >= 4 is 35.2 Å². The Morgan fingerprint density at radius 3 is 1.40 bits per heavy atom. The van der Waals surface area contributed by atoms with Crippen LogP contribution in [0.4, 0.5) is 0 Å². The first kappa shape index (κ1) is 54.4. The SMILES string of the molecule is C.C.CCOC(=O)c1c(C)cccc1OCc1cc(=O)n2[nH]c(C)nc2n1.Cc1nc2nc(COC3(C(=O)O)CCCCC3)cc(=O)n2[nH]1.Cc1nc2nc(COc3cccc(C)c3C(=O)O)cc(=O)n2[nH]1. The van der Waals surface area contributed by atoms with E-state index >= 15 is 0 Å². The molecule has 24 nitrogen and oxygen atoms in total. The molecule has 382 valence electrons. The Hall–Kier alpha value is -8.54. The number of carboxylic acids is 2. The second-order valence-corrected chi connectivity index (χ2v) is 16.2. The predicted octanol–water partition coefficient (Wildman–Crippen LogP) is 5.40. The molecule has 1 fully saturated rings. The molecule has 24 heteroatoms. The van der Waals surface area contributed by atoms with Gasteiger partial charge in [-0.2, -0.15) is 28.5 Å². The van der Waals surface area contributed by atoms with Crippen LogP contribution >= 0.6 is 0 Å². The lowest BCUT2D eigenvalue weighted by Gasteiger charge is -2.32. The fraction of sp³-hybridized carbons (Fsp3) is 0.375. The number of nitrogens with one attached hydrogen (secondary N) is 3. The Kier molecular flexibility index (Phi) is 17.7.